The Balaban J connectivity index is 2.24. The Labute approximate surface area is 94.9 Å². The number of nitrogens with one attached hydrogen (secondary N) is 1. The third-order valence-electron chi connectivity index (χ3n) is 2.89. The van der Waals surface area contributed by atoms with E-state index in [9.17, 15) is 8.42 Å². The van der Waals surface area contributed by atoms with E-state index in [1.807, 2.05) is 0 Å². The lowest BCUT2D eigenvalue weighted by molar-refractivity contribution is 0.222. The standard InChI is InChI=1S/C9H16N4O2S/c10-5-7-13(8-2-1-3-8)16(14,15)9-4-6-11-12-9/h4,6,8H,1-3,5,7,10H2,(H,11,12). The highest BCUT2D eigenvalue weighted by atomic mass is 32.2. The van der Waals surface area contributed by atoms with Gasteiger partial charge in [-0.2, -0.15) is 9.40 Å². The van der Waals surface area contributed by atoms with Gasteiger partial charge >= 0.3 is 0 Å². The van der Waals surface area contributed by atoms with Crippen LogP contribution in [0, 0.1) is 0 Å². The van der Waals surface area contributed by atoms with Crippen molar-refractivity contribution in [3.8, 4) is 0 Å². The maximum absolute atomic E-state index is 12.2. The van der Waals surface area contributed by atoms with Crippen molar-refractivity contribution in [2.24, 2.45) is 5.73 Å². The summed E-state index contributed by atoms with van der Waals surface area (Å²) in [6.45, 7) is 0.704. The van der Waals surface area contributed by atoms with Crippen LogP contribution in [0.25, 0.3) is 0 Å². The van der Waals surface area contributed by atoms with E-state index < -0.39 is 10.0 Å². The molecule has 0 radical (unpaired) electrons. The summed E-state index contributed by atoms with van der Waals surface area (Å²) in [7, 11) is -3.44. The number of nitrogens with zero attached hydrogens (tertiary/aromatic N) is 2. The molecule has 0 aromatic carbocycles. The molecule has 2 rings (SSSR count). The number of nitrogens with two attached hydrogens (primary N) is 1. The summed E-state index contributed by atoms with van der Waals surface area (Å²) < 4.78 is 25.9. The highest BCUT2D eigenvalue weighted by Gasteiger charge is 2.34. The number of rotatable bonds is 5. The van der Waals surface area contributed by atoms with Crippen molar-refractivity contribution in [3.63, 3.8) is 0 Å². The molecule has 0 bridgehead atoms. The van der Waals surface area contributed by atoms with Gasteiger partial charge in [-0.15, -0.1) is 0 Å². The van der Waals surface area contributed by atoms with Crippen molar-refractivity contribution in [1.29, 1.82) is 0 Å². The average Bonchev–Trinajstić information content (AvgIpc) is 2.67. The van der Waals surface area contributed by atoms with E-state index in [1.165, 1.54) is 16.6 Å². The molecular formula is C9H16N4O2S. The molecule has 7 heteroatoms. The molecule has 0 aliphatic heterocycles. The van der Waals surface area contributed by atoms with E-state index in [-0.39, 0.29) is 11.1 Å². The van der Waals surface area contributed by atoms with E-state index in [1.54, 1.807) is 0 Å². The first-order valence-electron chi connectivity index (χ1n) is 5.37. The van der Waals surface area contributed by atoms with Gasteiger partial charge in [-0.1, -0.05) is 6.42 Å². The summed E-state index contributed by atoms with van der Waals surface area (Å²) in [6, 6.07) is 1.58. The molecule has 1 aliphatic carbocycles. The topological polar surface area (TPSA) is 92.1 Å². The van der Waals surface area contributed by atoms with Crippen LogP contribution in [0.4, 0.5) is 0 Å². The van der Waals surface area contributed by atoms with Crippen molar-refractivity contribution >= 4 is 10.0 Å². The summed E-state index contributed by atoms with van der Waals surface area (Å²) in [4.78, 5) is 0. The van der Waals surface area contributed by atoms with E-state index in [2.05, 4.69) is 10.2 Å². The SMILES string of the molecule is NCCN(C1CCC1)S(=O)(=O)c1ccn[nH]1. The predicted octanol–water partition coefficient (Wildman–Crippen LogP) is -0.0884. The van der Waals surface area contributed by atoms with Crippen LogP contribution in [-0.2, 0) is 10.0 Å². The van der Waals surface area contributed by atoms with Crippen molar-refractivity contribution in [1.82, 2.24) is 14.5 Å². The van der Waals surface area contributed by atoms with Crippen LogP contribution in [0.1, 0.15) is 19.3 Å². The van der Waals surface area contributed by atoms with Gasteiger partial charge in [-0.25, -0.2) is 8.42 Å². The predicted molar refractivity (Wildman–Crippen MR) is 59.2 cm³/mol. The van der Waals surface area contributed by atoms with E-state index in [0.717, 1.165) is 19.3 Å². The minimum atomic E-state index is -3.44. The molecular weight excluding hydrogens is 228 g/mol. The largest absolute Gasteiger partial charge is 0.329 e. The first-order chi connectivity index (χ1) is 7.66. The molecule has 1 saturated carbocycles. The fourth-order valence-electron chi connectivity index (χ4n) is 1.81. The Morgan fingerprint density at radius 1 is 1.56 bits per heavy atom. The fraction of sp³-hybridized carbons (Fsp3) is 0.667. The summed E-state index contributed by atoms with van der Waals surface area (Å²) in [5.74, 6) is 0. The summed E-state index contributed by atoms with van der Waals surface area (Å²) in [6.07, 6.45) is 4.37. The number of aromatic nitrogens is 2. The summed E-state index contributed by atoms with van der Waals surface area (Å²) in [5.41, 5.74) is 5.46. The lowest BCUT2D eigenvalue weighted by Crippen LogP contribution is -2.46. The van der Waals surface area contributed by atoms with Crippen LogP contribution >= 0.6 is 0 Å². The maximum Gasteiger partial charge on any atom is 0.260 e. The zero-order chi connectivity index (χ0) is 11.6. The molecule has 1 aliphatic rings. The van der Waals surface area contributed by atoms with Crippen LogP contribution in [0.5, 0.6) is 0 Å². The van der Waals surface area contributed by atoms with Crippen molar-refractivity contribution in [2.45, 2.75) is 30.3 Å². The second-order valence-corrected chi connectivity index (χ2v) is 5.77. The first kappa shape index (κ1) is 11.6. The third kappa shape index (κ3) is 1.98. The van der Waals surface area contributed by atoms with E-state index in [4.69, 9.17) is 5.73 Å². The second-order valence-electron chi connectivity index (χ2n) is 3.91. The van der Waals surface area contributed by atoms with Crippen LogP contribution in [-0.4, -0.2) is 42.1 Å². The fourth-order valence-corrected chi connectivity index (χ4v) is 3.42. The molecule has 0 amide bonds. The maximum atomic E-state index is 12.2. The Hall–Kier alpha value is -0.920. The second kappa shape index (κ2) is 4.52. The minimum absolute atomic E-state index is 0.108. The molecule has 16 heavy (non-hydrogen) atoms. The Morgan fingerprint density at radius 2 is 2.31 bits per heavy atom. The molecule has 1 heterocycles. The highest BCUT2D eigenvalue weighted by molar-refractivity contribution is 7.89. The monoisotopic (exact) mass is 244 g/mol. The van der Waals surface area contributed by atoms with Crippen LogP contribution in [0.3, 0.4) is 0 Å². The third-order valence-corrected chi connectivity index (χ3v) is 4.77. The number of hydrogen-bond donors (Lipinski definition) is 2. The number of aromatic amines is 1. The van der Waals surface area contributed by atoms with Crippen molar-refractivity contribution in [3.05, 3.63) is 12.3 Å². The van der Waals surface area contributed by atoms with Crippen molar-refractivity contribution < 1.29 is 8.42 Å². The highest BCUT2D eigenvalue weighted by Crippen LogP contribution is 2.28. The smallest absolute Gasteiger partial charge is 0.260 e. The molecule has 0 spiro atoms. The molecule has 3 N–H and O–H groups in total. The lowest BCUT2D eigenvalue weighted by atomic mass is 9.93. The molecule has 90 valence electrons. The zero-order valence-corrected chi connectivity index (χ0v) is 9.78. The summed E-state index contributed by atoms with van der Waals surface area (Å²) in [5, 5.41) is 6.32. The van der Waals surface area contributed by atoms with Gasteiger partial charge in [0.2, 0.25) is 0 Å². The normalized spacial score (nSPS) is 17.6. The number of hydrogen-bond acceptors (Lipinski definition) is 4. The van der Waals surface area contributed by atoms with Gasteiger partial charge in [0.1, 0.15) is 0 Å². The molecule has 0 unspecified atom stereocenters. The lowest BCUT2D eigenvalue weighted by Gasteiger charge is -2.35. The van der Waals surface area contributed by atoms with E-state index in [0.29, 0.717) is 13.1 Å². The molecule has 1 aromatic rings. The van der Waals surface area contributed by atoms with Gasteiger partial charge in [0.05, 0.1) is 6.20 Å². The van der Waals surface area contributed by atoms with Crippen LogP contribution in [0.15, 0.2) is 17.3 Å². The molecule has 1 fully saturated rings. The van der Waals surface area contributed by atoms with Crippen LogP contribution < -0.4 is 5.73 Å². The Kier molecular flexibility index (Phi) is 3.27. The number of sulfonamides is 1. The van der Waals surface area contributed by atoms with Gasteiger partial charge in [0.25, 0.3) is 10.0 Å². The Bertz CT molecular complexity index is 424. The van der Waals surface area contributed by atoms with Gasteiger partial charge < -0.3 is 5.73 Å². The average molecular weight is 244 g/mol. The van der Waals surface area contributed by atoms with Gasteiger partial charge in [-0.3, -0.25) is 5.10 Å². The molecule has 0 saturated heterocycles. The quantitative estimate of drug-likeness (QED) is 0.757. The zero-order valence-electron chi connectivity index (χ0n) is 8.96. The van der Waals surface area contributed by atoms with Crippen molar-refractivity contribution in [2.75, 3.05) is 13.1 Å². The first-order valence-corrected chi connectivity index (χ1v) is 6.81. The van der Waals surface area contributed by atoms with E-state index >= 15 is 0 Å². The molecule has 1 aromatic heterocycles. The minimum Gasteiger partial charge on any atom is -0.329 e. The Morgan fingerprint density at radius 3 is 2.75 bits per heavy atom. The molecule has 6 nitrogen and oxygen atoms in total. The van der Waals surface area contributed by atoms with Gasteiger partial charge in [0, 0.05) is 19.1 Å². The summed E-state index contributed by atoms with van der Waals surface area (Å²) >= 11 is 0. The number of H-pyrrole nitrogens is 1. The molecule has 0 atom stereocenters. The van der Waals surface area contributed by atoms with Gasteiger partial charge in [-0.05, 0) is 18.9 Å². The van der Waals surface area contributed by atoms with Crippen LogP contribution in [0.2, 0.25) is 0 Å². The van der Waals surface area contributed by atoms with Gasteiger partial charge in [0.15, 0.2) is 5.03 Å².